The predicted molar refractivity (Wildman–Crippen MR) is 76.2 cm³/mol. The molecule has 0 amide bonds. The molecule has 1 aromatic carbocycles. The highest BCUT2D eigenvalue weighted by molar-refractivity contribution is 7.99. The number of benzene rings is 1. The van der Waals surface area contributed by atoms with Crippen LogP contribution in [0.2, 0.25) is 0 Å². The summed E-state index contributed by atoms with van der Waals surface area (Å²) in [6.45, 7) is 0. The first-order valence-electron chi connectivity index (χ1n) is 6.75. The highest BCUT2D eigenvalue weighted by atomic mass is 32.2. The maximum absolute atomic E-state index is 12.5. The van der Waals surface area contributed by atoms with Gasteiger partial charge in [0.1, 0.15) is 0 Å². The summed E-state index contributed by atoms with van der Waals surface area (Å²) in [7, 11) is 0. The van der Waals surface area contributed by atoms with Crippen LogP contribution in [-0.4, -0.2) is 11.0 Å². The van der Waals surface area contributed by atoms with Gasteiger partial charge in [0.05, 0.1) is 11.6 Å². The van der Waals surface area contributed by atoms with Gasteiger partial charge in [0.15, 0.2) is 0 Å². The zero-order valence-electron chi connectivity index (χ0n) is 11.1. The number of hydrazine groups is 1. The van der Waals surface area contributed by atoms with Crippen LogP contribution in [0.25, 0.3) is 0 Å². The van der Waals surface area contributed by atoms with E-state index in [1.54, 1.807) is 0 Å². The Morgan fingerprint density at radius 2 is 1.80 bits per heavy atom. The molecule has 2 rings (SSSR count). The molecule has 0 bridgehead atoms. The number of rotatable bonds is 5. The largest absolute Gasteiger partial charge is 0.416 e. The van der Waals surface area contributed by atoms with Crippen molar-refractivity contribution in [3.05, 3.63) is 35.4 Å². The van der Waals surface area contributed by atoms with E-state index in [1.807, 2.05) is 11.8 Å². The first-order chi connectivity index (χ1) is 9.50. The summed E-state index contributed by atoms with van der Waals surface area (Å²) in [5, 5.41) is 0.667. The minimum Gasteiger partial charge on any atom is -0.271 e. The van der Waals surface area contributed by atoms with Crippen LogP contribution in [0.5, 0.6) is 0 Å². The van der Waals surface area contributed by atoms with Gasteiger partial charge in [0.2, 0.25) is 0 Å². The summed E-state index contributed by atoms with van der Waals surface area (Å²) in [5.41, 5.74) is 2.87. The molecular weight excluding hydrogens is 285 g/mol. The Kier molecular flexibility index (Phi) is 5.35. The van der Waals surface area contributed by atoms with Gasteiger partial charge in [-0.25, -0.2) is 0 Å². The zero-order chi connectivity index (χ0) is 14.6. The number of thioether (sulfide) groups is 1. The van der Waals surface area contributed by atoms with Crippen molar-refractivity contribution >= 4 is 11.8 Å². The van der Waals surface area contributed by atoms with Crippen LogP contribution >= 0.6 is 11.8 Å². The van der Waals surface area contributed by atoms with Crippen molar-refractivity contribution in [3.8, 4) is 0 Å². The summed E-state index contributed by atoms with van der Waals surface area (Å²) in [6, 6.07) is 5.12. The Hall–Kier alpha value is -0.720. The molecule has 0 spiro atoms. The highest BCUT2D eigenvalue weighted by Crippen LogP contribution is 2.33. The first kappa shape index (κ1) is 15.7. The molecule has 3 N–H and O–H groups in total. The van der Waals surface area contributed by atoms with Crippen molar-refractivity contribution < 1.29 is 13.2 Å². The highest BCUT2D eigenvalue weighted by Gasteiger charge is 2.30. The Bertz CT molecular complexity index is 413. The summed E-state index contributed by atoms with van der Waals surface area (Å²) >= 11 is 1.86. The van der Waals surface area contributed by atoms with E-state index in [9.17, 15) is 13.2 Å². The quantitative estimate of drug-likeness (QED) is 0.640. The van der Waals surface area contributed by atoms with E-state index in [0.717, 1.165) is 23.4 Å². The van der Waals surface area contributed by atoms with Gasteiger partial charge < -0.3 is 0 Å². The molecule has 0 aromatic heterocycles. The third-order valence-corrected chi connectivity index (χ3v) is 5.11. The van der Waals surface area contributed by atoms with E-state index < -0.39 is 11.7 Å². The Morgan fingerprint density at radius 3 is 2.30 bits per heavy atom. The molecule has 112 valence electrons. The number of nitrogens with two attached hydrogens (primary N) is 1. The van der Waals surface area contributed by atoms with E-state index >= 15 is 0 Å². The summed E-state index contributed by atoms with van der Waals surface area (Å²) in [4.78, 5) is 0. The molecule has 1 fully saturated rings. The van der Waals surface area contributed by atoms with Gasteiger partial charge in [-0.05, 0) is 30.5 Å². The van der Waals surface area contributed by atoms with Crippen LogP contribution in [0.15, 0.2) is 24.3 Å². The second kappa shape index (κ2) is 6.83. The Morgan fingerprint density at radius 1 is 1.20 bits per heavy atom. The summed E-state index contributed by atoms with van der Waals surface area (Å²) in [5.74, 6) is 6.31. The molecule has 1 unspecified atom stereocenters. The smallest absolute Gasteiger partial charge is 0.271 e. The van der Waals surface area contributed by atoms with Crippen molar-refractivity contribution in [1.29, 1.82) is 0 Å². The lowest BCUT2D eigenvalue weighted by atomic mass is 10.1. The van der Waals surface area contributed by atoms with Crippen LogP contribution in [0.3, 0.4) is 0 Å². The SMILES string of the molecule is NNC(CSC1CCCC1)c1ccc(C(F)(F)F)cc1. The van der Waals surface area contributed by atoms with Crippen LogP contribution in [0.1, 0.15) is 42.9 Å². The molecule has 0 saturated heterocycles. The fraction of sp³-hybridized carbons (Fsp3) is 0.571. The molecular formula is C14H19F3N2S. The fourth-order valence-corrected chi connectivity index (χ4v) is 3.85. The molecule has 0 aliphatic heterocycles. The van der Waals surface area contributed by atoms with E-state index in [0.29, 0.717) is 5.25 Å². The van der Waals surface area contributed by atoms with E-state index in [4.69, 9.17) is 5.84 Å². The van der Waals surface area contributed by atoms with Crippen LogP contribution in [0.4, 0.5) is 13.2 Å². The first-order valence-corrected chi connectivity index (χ1v) is 7.80. The molecule has 1 saturated carbocycles. The Labute approximate surface area is 121 Å². The molecule has 1 aromatic rings. The van der Waals surface area contributed by atoms with Crippen LogP contribution < -0.4 is 11.3 Å². The van der Waals surface area contributed by atoms with E-state index in [2.05, 4.69) is 5.43 Å². The van der Waals surface area contributed by atoms with E-state index in [-0.39, 0.29) is 6.04 Å². The Balaban J connectivity index is 1.96. The summed E-state index contributed by atoms with van der Waals surface area (Å²) < 4.78 is 37.5. The molecule has 1 aliphatic rings. The van der Waals surface area contributed by atoms with Gasteiger partial charge >= 0.3 is 6.18 Å². The van der Waals surface area contributed by atoms with Gasteiger partial charge in [0.25, 0.3) is 0 Å². The minimum atomic E-state index is -4.29. The van der Waals surface area contributed by atoms with Gasteiger partial charge in [-0.15, -0.1) is 0 Å². The van der Waals surface area contributed by atoms with Crippen molar-refractivity contribution in [1.82, 2.24) is 5.43 Å². The maximum Gasteiger partial charge on any atom is 0.416 e. The van der Waals surface area contributed by atoms with Crippen molar-refractivity contribution in [3.63, 3.8) is 0 Å². The average molecular weight is 304 g/mol. The number of hydrogen-bond acceptors (Lipinski definition) is 3. The molecule has 2 nitrogen and oxygen atoms in total. The van der Waals surface area contributed by atoms with Gasteiger partial charge in [0, 0.05) is 11.0 Å². The number of nitrogens with one attached hydrogen (secondary N) is 1. The van der Waals surface area contributed by atoms with Gasteiger partial charge in [-0.2, -0.15) is 24.9 Å². The molecule has 6 heteroatoms. The monoisotopic (exact) mass is 304 g/mol. The minimum absolute atomic E-state index is 0.108. The average Bonchev–Trinajstić information content (AvgIpc) is 2.92. The lowest BCUT2D eigenvalue weighted by molar-refractivity contribution is -0.137. The van der Waals surface area contributed by atoms with Crippen molar-refractivity contribution in [2.24, 2.45) is 5.84 Å². The molecule has 0 radical (unpaired) electrons. The summed E-state index contributed by atoms with van der Waals surface area (Å²) in [6.07, 6.45) is 0.726. The second-order valence-electron chi connectivity index (χ2n) is 5.08. The lowest BCUT2D eigenvalue weighted by Gasteiger charge is -2.19. The lowest BCUT2D eigenvalue weighted by Crippen LogP contribution is -2.30. The standard InChI is InChI=1S/C14H19F3N2S/c15-14(16,17)11-7-5-10(6-8-11)13(19-18)9-20-12-3-1-2-4-12/h5-8,12-13,19H,1-4,9,18H2. The molecule has 20 heavy (non-hydrogen) atoms. The number of halogens is 3. The third kappa shape index (κ3) is 4.14. The maximum atomic E-state index is 12.5. The number of hydrogen-bond donors (Lipinski definition) is 2. The topological polar surface area (TPSA) is 38.0 Å². The second-order valence-corrected chi connectivity index (χ2v) is 6.41. The van der Waals surface area contributed by atoms with Crippen molar-refractivity contribution in [2.75, 3.05) is 5.75 Å². The van der Waals surface area contributed by atoms with Crippen LogP contribution in [0, 0.1) is 0 Å². The van der Waals surface area contributed by atoms with E-state index in [1.165, 1.54) is 37.8 Å². The van der Waals surface area contributed by atoms with Gasteiger partial charge in [-0.1, -0.05) is 25.0 Å². The van der Waals surface area contributed by atoms with Crippen LogP contribution in [-0.2, 0) is 6.18 Å². The zero-order valence-corrected chi connectivity index (χ0v) is 11.9. The number of alkyl halides is 3. The van der Waals surface area contributed by atoms with Crippen molar-refractivity contribution in [2.45, 2.75) is 43.2 Å². The molecule has 1 atom stereocenters. The normalized spacial score (nSPS) is 18.4. The third-order valence-electron chi connectivity index (χ3n) is 3.64. The fourth-order valence-electron chi connectivity index (χ4n) is 2.43. The molecule has 0 heterocycles. The predicted octanol–water partition coefficient (Wildman–Crippen LogP) is 3.89. The molecule has 1 aliphatic carbocycles. The van der Waals surface area contributed by atoms with Gasteiger partial charge in [-0.3, -0.25) is 11.3 Å².